The smallest absolute Gasteiger partial charge is 0.244 e. The number of benzene rings is 1. The summed E-state index contributed by atoms with van der Waals surface area (Å²) >= 11 is 2.05. The molecule has 1 amide bonds. The molecule has 0 spiro atoms. The number of halogens is 1. The molecule has 0 bridgehead atoms. The third kappa shape index (κ3) is 4.54. The SMILES string of the molecule is CN(C)C(C(=O)N1CCN(C2CCSCC2)CC1)c1ccc(F)cc1. The van der Waals surface area contributed by atoms with E-state index in [-0.39, 0.29) is 17.8 Å². The molecule has 25 heavy (non-hydrogen) atoms. The quantitative estimate of drug-likeness (QED) is 0.819. The summed E-state index contributed by atoms with van der Waals surface area (Å²) in [5, 5.41) is 0. The Hall–Kier alpha value is -1.11. The molecule has 2 heterocycles. The number of hydrogen-bond acceptors (Lipinski definition) is 4. The Morgan fingerprint density at radius 2 is 1.72 bits per heavy atom. The maximum Gasteiger partial charge on any atom is 0.244 e. The summed E-state index contributed by atoms with van der Waals surface area (Å²) in [4.78, 5) is 19.5. The largest absolute Gasteiger partial charge is 0.338 e. The molecule has 4 nitrogen and oxygen atoms in total. The van der Waals surface area contributed by atoms with Crippen molar-refractivity contribution in [3.63, 3.8) is 0 Å². The molecule has 0 aliphatic carbocycles. The van der Waals surface area contributed by atoms with Crippen LogP contribution < -0.4 is 0 Å². The van der Waals surface area contributed by atoms with Crippen LogP contribution in [0.25, 0.3) is 0 Å². The molecular weight excluding hydrogens is 337 g/mol. The molecule has 2 fully saturated rings. The van der Waals surface area contributed by atoms with Gasteiger partial charge in [0.15, 0.2) is 0 Å². The van der Waals surface area contributed by atoms with Crippen LogP contribution in [0.3, 0.4) is 0 Å². The number of carbonyl (C=O) groups excluding carboxylic acids is 1. The van der Waals surface area contributed by atoms with E-state index in [9.17, 15) is 9.18 Å². The Labute approximate surface area is 154 Å². The fourth-order valence-electron chi connectivity index (χ4n) is 3.84. The van der Waals surface area contributed by atoms with E-state index in [0.717, 1.165) is 31.7 Å². The van der Waals surface area contributed by atoms with Crippen LogP contribution >= 0.6 is 11.8 Å². The van der Waals surface area contributed by atoms with E-state index in [2.05, 4.69) is 16.7 Å². The van der Waals surface area contributed by atoms with E-state index in [1.807, 2.05) is 23.9 Å². The predicted molar refractivity (Wildman–Crippen MR) is 101 cm³/mol. The van der Waals surface area contributed by atoms with Gasteiger partial charge in [0.2, 0.25) is 5.91 Å². The van der Waals surface area contributed by atoms with Crippen molar-refractivity contribution in [2.24, 2.45) is 0 Å². The first kappa shape index (κ1) is 18.7. The van der Waals surface area contributed by atoms with Crippen molar-refractivity contribution in [2.75, 3.05) is 51.8 Å². The van der Waals surface area contributed by atoms with E-state index in [0.29, 0.717) is 6.04 Å². The molecule has 0 radical (unpaired) electrons. The lowest BCUT2D eigenvalue weighted by Crippen LogP contribution is -2.54. The number of likely N-dealkylation sites (N-methyl/N-ethyl adjacent to an activating group) is 1. The summed E-state index contributed by atoms with van der Waals surface area (Å²) < 4.78 is 13.2. The first-order chi connectivity index (χ1) is 12.1. The number of nitrogens with zero attached hydrogens (tertiary/aromatic N) is 3. The Morgan fingerprint density at radius 3 is 2.28 bits per heavy atom. The van der Waals surface area contributed by atoms with Crippen LogP contribution in [0.5, 0.6) is 0 Å². The van der Waals surface area contributed by atoms with E-state index >= 15 is 0 Å². The fourth-order valence-corrected chi connectivity index (χ4v) is 4.92. The van der Waals surface area contributed by atoms with Gasteiger partial charge in [0.1, 0.15) is 11.9 Å². The number of rotatable bonds is 4. The van der Waals surface area contributed by atoms with Crippen LogP contribution in [0, 0.1) is 5.82 Å². The highest BCUT2D eigenvalue weighted by molar-refractivity contribution is 7.99. The van der Waals surface area contributed by atoms with Gasteiger partial charge in [-0.1, -0.05) is 12.1 Å². The van der Waals surface area contributed by atoms with Gasteiger partial charge in [-0.25, -0.2) is 4.39 Å². The standard InChI is InChI=1S/C19H28FN3OS/c1-21(2)18(15-3-5-16(20)6-4-15)19(24)23-11-9-22(10-12-23)17-7-13-25-14-8-17/h3-6,17-18H,7-14H2,1-2H3. The second-order valence-electron chi connectivity index (χ2n) is 7.12. The molecule has 1 aromatic rings. The lowest BCUT2D eigenvalue weighted by Gasteiger charge is -2.42. The molecule has 0 N–H and O–H groups in total. The van der Waals surface area contributed by atoms with Gasteiger partial charge in [-0.2, -0.15) is 11.8 Å². The molecule has 1 aromatic carbocycles. The first-order valence-electron chi connectivity index (χ1n) is 9.09. The number of hydrogen-bond donors (Lipinski definition) is 0. The minimum absolute atomic E-state index is 0.121. The predicted octanol–water partition coefficient (Wildman–Crippen LogP) is 2.47. The molecule has 3 rings (SSSR count). The van der Waals surface area contributed by atoms with Crippen molar-refractivity contribution in [1.29, 1.82) is 0 Å². The van der Waals surface area contributed by atoms with Gasteiger partial charge in [-0.05, 0) is 56.1 Å². The summed E-state index contributed by atoms with van der Waals surface area (Å²) in [6.07, 6.45) is 2.54. The van der Waals surface area contributed by atoms with Crippen molar-refractivity contribution in [3.05, 3.63) is 35.6 Å². The van der Waals surface area contributed by atoms with Gasteiger partial charge >= 0.3 is 0 Å². The zero-order valence-corrected chi connectivity index (χ0v) is 16.0. The number of piperazine rings is 1. The summed E-state index contributed by atoms with van der Waals surface area (Å²) in [6, 6.07) is 6.64. The Kier molecular flexibility index (Phi) is 6.36. The summed E-state index contributed by atoms with van der Waals surface area (Å²) in [7, 11) is 3.81. The highest BCUT2D eigenvalue weighted by Gasteiger charge is 2.32. The van der Waals surface area contributed by atoms with E-state index in [1.165, 1.54) is 36.5 Å². The van der Waals surface area contributed by atoms with Crippen LogP contribution in [-0.4, -0.2) is 78.4 Å². The molecule has 0 saturated carbocycles. The maximum atomic E-state index is 13.2. The molecular formula is C19H28FN3OS. The van der Waals surface area contributed by atoms with Crippen molar-refractivity contribution in [1.82, 2.24) is 14.7 Å². The Bertz CT molecular complexity index is 567. The van der Waals surface area contributed by atoms with Crippen molar-refractivity contribution in [3.8, 4) is 0 Å². The van der Waals surface area contributed by atoms with Gasteiger partial charge in [-0.15, -0.1) is 0 Å². The first-order valence-corrected chi connectivity index (χ1v) is 10.2. The number of amides is 1. The monoisotopic (exact) mass is 365 g/mol. The van der Waals surface area contributed by atoms with Crippen LogP contribution in [0.15, 0.2) is 24.3 Å². The van der Waals surface area contributed by atoms with Gasteiger partial charge < -0.3 is 4.90 Å². The summed E-state index contributed by atoms with van der Waals surface area (Å²) in [5.74, 6) is 2.37. The summed E-state index contributed by atoms with van der Waals surface area (Å²) in [6.45, 7) is 3.50. The lowest BCUT2D eigenvalue weighted by atomic mass is 10.0. The van der Waals surface area contributed by atoms with Crippen molar-refractivity contribution >= 4 is 17.7 Å². The highest BCUT2D eigenvalue weighted by Crippen LogP contribution is 2.25. The molecule has 2 aliphatic rings. The molecule has 1 unspecified atom stereocenters. The van der Waals surface area contributed by atoms with Crippen molar-refractivity contribution in [2.45, 2.75) is 24.9 Å². The zero-order valence-electron chi connectivity index (χ0n) is 15.2. The third-order valence-electron chi connectivity index (χ3n) is 5.27. The van der Waals surface area contributed by atoms with Gasteiger partial charge in [-0.3, -0.25) is 14.6 Å². The van der Waals surface area contributed by atoms with Crippen LogP contribution in [-0.2, 0) is 4.79 Å². The van der Waals surface area contributed by atoms with Crippen LogP contribution in [0.2, 0.25) is 0 Å². The topological polar surface area (TPSA) is 26.8 Å². The fraction of sp³-hybridized carbons (Fsp3) is 0.632. The van der Waals surface area contributed by atoms with Gasteiger partial charge in [0, 0.05) is 32.2 Å². The molecule has 2 aliphatic heterocycles. The average molecular weight is 366 g/mol. The van der Waals surface area contributed by atoms with Gasteiger partial charge in [0.05, 0.1) is 0 Å². The molecule has 1 atom stereocenters. The van der Waals surface area contributed by atoms with Crippen molar-refractivity contribution < 1.29 is 9.18 Å². The van der Waals surface area contributed by atoms with E-state index in [1.54, 1.807) is 12.1 Å². The second kappa shape index (κ2) is 8.52. The molecule has 6 heteroatoms. The van der Waals surface area contributed by atoms with Crippen LogP contribution in [0.4, 0.5) is 4.39 Å². The summed E-state index contributed by atoms with van der Waals surface area (Å²) in [5.41, 5.74) is 0.850. The minimum Gasteiger partial charge on any atom is -0.338 e. The third-order valence-corrected chi connectivity index (χ3v) is 6.32. The minimum atomic E-state index is -0.349. The van der Waals surface area contributed by atoms with E-state index < -0.39 is 0 Å². The number of thioether (sulfide) groups is 1. The zero-order chi connectivity index (χ0) is 17.8. The molecule has 2 saturated heterocycles. The van der Waals surface area contributed by atoms with E-state index in [4.69, 9.17) is 0 Å². The maximum absolute atomic E-state index is 13.2. The Balaban J connectivity index is 1.62. The van der Waals surface area contributed by atoms with Crippen LogP contribution in [0.1, 0.15) is 24.4 Å². The lowest BCUT2D eigenvalue weighted by molar-refractivity contribution is -0.138. The molecule has 0 aromatic heterocycles. The highest BCUT2D eigenvalue weighted by atomic mass is 32.2. The number of carbonyl (C=O) groups is 1. The normalized spacial score (nSPS) is 21.5. The Morgan fingerprint density at radius 1 is 1.12 bits per heavy atom. The average Bonchev–Trinajstić information content (AvgIpc) is 2.64. The van der Waals surface area contributed by atoms with Gasteiger partial charge in [0.25, 0.3) is 0 Å². The molecule has 138 valence electrons. The second-order valence-corrected chi connectivity index (χ2v) is 8.35.